The van der Waals surface area contributed by atoms with Crippen LogP contribution in [0.5, 0.6) is 0 Å². The number of thiol groups is 1. The lowest BCUT2D eigenvalue weighted by molar-refractivity contribution is -0.209. The fraction of sp³-hybridized carbons (Fsp3) is 0.652. The third-order valence-electron chi connectivity index (χ3n) is 8.41. The lowest BCUT2D eigenvalue weighted by atomic mass is 9.42. The number of carboxylic acid groups (broad SMARTS) is 1. The van der Waals surface area contributed by atoms with Gasteiger partial charge in [-0.15, -0.1) is 0 Å². The summed E-state index contributed by atoms with van der Waals surface area (Å²) < 4.78 is 5.47. The van der Waals surface area contributed by atoms with Crippen LogP contribution in [0.4, 0.5) is 9.59 Å². The van der Waals surface area contributed by atoms with E-state index >= 15 is 0 Å². The van der Waals surface area contributed by atoms with Gasteiger partial charge in [-0.3, -0.25) is 34.6 Å². The molecule has 0 aromatic heterocycles. The first-order valence-corrected chi connectivity index (χ1v) is 13.3. The number of imide groups is 2. The van der Waals surface area contributed by atoms with Crippen LogP contribution >= 0.6 is 12.6 Å². The molecule has 0 aromatic rings. The molecule has 6 atom stereocenters. The lowest BCUT2D eigenvalue weighted by Gasteiger charge is -2.70. The van der Waals surface area contributed by atoms with Crippen molar-refractivity contribution >= 4 is 60.3 Å². The quantitative estimate of drug-likeness (QED) is 0.0963. The topological polar surface area (TPSA) is 241 Å². The van der Waals surface area contributed by atoms with Crippen molar-refractivity contribution in [1.82, 2.24) is 31.1 Å². The number of carboxylic acids is 1. The van der Waals surface area contributed by atoms with Crippen LogP contribution < -0.4 is 21.3 Å². The molecule has 17 nitrogen and oxygen atoms in total. The van der Waals surface area contributed by atoms with Crippen molar-refractivity contribution in [2.45, 2.75) is 57.0 Å². The van der Waals surface area contributed by atoms with Crippen molar-refractivity contribution in [2.75, 3.05) is 25.4 Å². The number of ether oxygens (including phenoxy) is 1. The summed E-state index contributed by atoms with van der Waals surface area (Å²) in [6.07, 6.45) is -3.56. The smallest absolute Gasteiger partial charge is 0.332 e. The second-order valence-electron chi connectivity index (χ2n) is 10.6. The highest BCUT2D eigenvalue weighted by molar-refractivity contribution is 7.80. The Kier molecular flexibility index (Phi) is 7.92. The van der Waals surface area contributed by atoms with Crippen LogP contribution in [0.25, 0.3) is 0 Å². The molecule has 3 saturated heterocycles. The number of hydrogen-bond donors (Lipinski definition) is 7. The van der Waals surface area contributed by atoms with Gasteiger partial charge >= 0.3 is 24.0 Å². The van der Waals surface area contributed by atoms with Gasteiger partial charge < -0.3 is 35.4 Å². The zero-order valence-electron chi connectivity index (χ0n) is 22.0. The number of aliphatic carboxylic acids is 1. The molecule has 8 amide bonds. The van der Waals surface area contributed by atoms with Crippen molar-refractivity contribution in [3.8, 4) is 0 Å². The molecule has 4 rings (SSSR count). The standard InChI is InChI=1S/C23H30N6O11S/c1-22-14-15-23(22,2)19(37)27-21(39)29(15)7-9(6-28(14)20(38)26-18(22)36)40-13(32)5-24-16(33)10(8-41)25-12(31)4-3-11(30)17(34)35/h9-11,14-15,30,41H,3-8H2,1-2H3,(H,24,33)(H,25,31)(H,34,35)(H,26,36,38)(H,27,37,39). The van der Waals surface area contributed by atoms with Gasteiger partial charge in [-0.25, -0.2) is 14.4 Å². The minimum absolute atomic E-state index is 0.164. The summed E-state index contributed by atoms with van der Waals surface area (Å²) in [7, 11) is 0. The van der Waals surface area contributed by atoms with Crippen LogP contribution in [-0.4, -0.2) is 123 Å². The molecule has 0 radical (unpaired) electrons. The van der Waals surface area contributed by atoms with Crippen molar-refractivity contribution in [1.29, 1.82) is 0 Å². The zero-order valence-corrected chi connectivity index (χ0v) is 22.9. The van der Waals surface area contributed by atoms with E-state index in [9.17, 15) is 43.5 Å². The first-order valence-electron chi connectivity index (χ1n) is 12.7. The zero-order chi connectivity index (χ0) is 30.4. The Morgan fingerprint density at radius 2 is 1.54 bits per heavy atom. The Labute approximate surface area is 238 Å². The number of nitrogens with zero attached hydrogens (tertiary/aromatic N) is 2. The third kappa shape index (κ3) is 4.83. The molecule has 6 N–H and O–H groups in total. The molecule has 224 valence electrons. The number of aliphatic hydroxyl groups excluding tert-OH is 1. The highest BCUT2D eigenvalue weighted by Gasteiger charge is 2.81. The summed E-state index contributed by atoms with van der Waals surface area (Å²) in [5.41, 5.74) is -2.70. The highest BCUT2D eigenvalue weighted by Crippen LogP contribution is 2.63. The van der Waals surface area contributed by atoms with E-state index in [1.54, 1.807) is 13.8 Å². The highest BCUT2D eigenvalue weighted by atomic mass is 32.1. The molecule has 3 aliphatic heterocycles. The molecule has 1 aliphatic carbocycles. The number of nitrogens with one attached hydrogen (secondary N) is 4. The summed E-state index contributed by atoms with van der Waals surface area (Å²) in [4.78, 5) is 102. The average Bonchev–Trinajstić information content (AvgIpc) is 3.08. The summed E-state index contributed by atoms with van der Waals surface area (Å²) in [5, 5.41) is 27.1. The molecule has 3 heterocycles. The van der Waals surface area contributed by atoms with Crippen molar-refractivity contribution in [3.05, 3.63) is 0 Å². The van der Waals surface area contributed by atoms with Gasteiger partial charge in [0.2, 0.25) is 23.6 Å². The Morgan fingerprint density at radius 3 is 2.00 bits per heavy atom. The normalized spacial score (nSPS) is 31.4. The molecule has 4 aliphatic rings. The Hall–Kier alpha value is -3.93. The Bertz CT molecular complexity index is 1180. The third-order valence-corrected chi connectivity index (χ3v) is 8.77. The number of amides is 8. The first-order chi connectivity index (χ1) is 19.2. The van der Waals surface area contributed by atoms with Gasteiger partial charge in [0.25, 0.3) is 0 Å². The van der Waals surface area contributed by atoms with E-state index < -0.39 is 95.3 Å². The van der Waals surface area contributed by atoms with E-state index in [1.165, 1.54) is 9.80 Å². The maximum absolute atomic E-state index is 12.9. The van der Waals surface area contributed by atoms with Crippen LogP contribution in [0.1, 0.15) is 26.7 Å². The predicted molar refractivity (Wildman–Crippen MR) is 136 cm³/mol. The minimum Gasteiger partial charge on any atom is -0.479 e. The molecule has 41 heavy (non-hydrogen) atoms. The summed E-state index contributed by atoms with van der Waals surface area (Å²) >= 11 is 4.00. The minimum atomic E-state index is -1.74. The first kappa shape index (κ1) is 30.0. The second kappa shape index (κ2) is 10.8. The fourth-order valence-corrected chi connectivity index (χ4v) is 6.29. The van der Waals surface area contributed by atoms with E-state index in [4.69, 9.17) is 9.84 Å². The molecular weight excluding hydrogens is 568 g/mol. The number of rotatable bonds is 10. The second-order valence-corrected chi connectivity index (χ2v) is 11.0. The number of esters is 1. The summed E-state index contributed by atoms with van der Waals surface area (Å²) in [5.74, 6) is -5.39. The summed E-state index contributed by atoms with van der Waals surface area (Å²) in [6, 6.07) is -4.35. The van der Waals surface area contributed by atoms with Crippen LogP contribution in [0.2, 0.25) is 0 Å². The fourth-order valence-electron chi connectivity index (χ4n) is 6.03. The largest absolute Gasteiger partial charge is 0.479 e. The summed E-state index contributed by atoms with van der Waals surface area (Å²) in [6.45, 7) is 2.06. The molecule has 6 unspecified atom stereocenters. The van der Waals surface area contributed by atoms with Gasteiger partial charge in [-0.1, -0.05) is 0 Å². The van der Waals surface area contributed by atoms with Gasteiger partial charge in [0.05, 0.1) is 36.0 Å². The average molecular weight is 599 g/mol. The molecule has 18 heteroatoms. The van der Waals surface area contributed by atoms with Gasteiger partial charge in [-0.05, 0) is 20.3 Å². The molecular formula is C23H30N6O11S. The monoisotopic (exact) mass is 598 g/mol. The Morgan fingerprint density at radius 1 is 1.02 bits per heavy atom. The lowest BCUT2D eigenvalue weighted by Crippen LogP contribution is -2.90. The van der Waals surface area contributed by atoms with E-state index in [0.717, 1.165) is 0 Å². The van der Waals surface area contributed by atoms with Crippen molar-refractivity contribution in [2.24, 2.45) is 10.8 Å². The molecule has 4 fully saturated rings. The van der Waals surface area contributed by atoms with Crippen molar-refractivity contribution in [3.63, 3.8) is 0 Å². The molecule has 0 bridgehead atoms. The van der Waals surface area contributed by atoms with Crippen LogP contribution in [-0.2, 0) is 33.5 Å². The number of aliphatic hydroxyl groups is 1. The molecule has 1 saturated carbocycles. The number of hydrogen-bond acceptors (Lipinski definition) is 11. The van der Waals surface area contributed by atoms with Gasteiger partial charge in [0.1, 0.15) is 18.7 Å². The molecule has 0 aromatic carbocycles. The predicted octanol–water partition coefficient (Wildman–Crippen LogP) is -3.46. The van der Waals surface area contributed by atoms with E-state index in [2.05, 4.69) is 33.9 Å². The maximum atomic E-state index is 12.9. The van der Waals surface area contributed by atoms with E-state index in [-0.39, 0.29) is 31.7 Å². The van der Waals surface area contributed by atoms with Gasteiger partial charge in [0.15, 0.2) is 6.10 Å². The SMILES string of the molecule is CC12C(=O)NC(=O)N3CC(OC(=O)CNC(=O)C(CS)NC(=O)CCC(O)C(=O)O)CN4C(=O)NC(=O)C1(C)C4C32. The van der Waals surface area contributed by atoms with E-state index in [0.29, 0.717) is 0 Å². The van der Waals surface area contributed by atoms with Gasteiger partial charge in [0, 0.05) is 12.2 Å². The number of fused-ring (bicyclic) bond motifs is 1. The number of urea groups is 2. The van der Waals surface area contributed by atoms with E-state index in [1.807, 2.05) is 0 Å². The van der Waals surface area contributed by atoms with Crippen LogP contribution in [0.3, 0.4) is 0 Å². The number of carbonyl (C=O) groups is 8. The Balaban J connectivity index is 1.38. The van der Waals surface area contributed by atoms with Crippen molar-refractivity contribution < 1.29 is 53.3 Å². The number of carbonyl (C=O) groups excluding carboxylic acids is 7. The van der Waals surface area contributed by atoms with Crippen LogP contribution in [0, 0.1) is 10.8 Å². The molecule has 0 spiro atoms. The van der Waals surface area contributed by atoms with Crippen LogP contribution in [0.15, 0.2) is 0 Å². The van der Waals surface area contributed by atoms with Gasteiger partial charge in [-0.2, -0.15) is 12.6 Å². The maximum Gasteiger partial charge on any atom is 0.332 e.